The van der Waals surface area contributed by atoms with Crippen molar-refractivity contribution in [2.75, 3.05) is 25.5 Å². The fourth-order valence-electron chi connectivity index (χ4n) is 3.28. The van der Waals surface area contributed by atoms with Crippen molar-refractivity contribution >= 4 is 17.6 Å². The summed E-state index contributed by atoms with van der Waals surface area (Å²) < 4.78 is 18.4. The molecule has 1 saturated heterocycles. The molecule has 2 N–H and O–H groups in total. The molecule has 1 amide bonds. The monoisotopic (exact) mass is 306 g/mol. The lowest BCUT2D eigenvalue weighted by Crippen LogP contribution is -2.31. The third-order valence-electron chi connectivity index (χ3n) is 4.75. The topological polar surface area (TPSA) is 67.4 Å². The van der Waals surface area contributed by atoms with Gasteiger partial charge in [0.1, 0.15) is 5.82 Å². The van der Waals surface area contributed by atoms with Crippen molar-refractivity contribution < 1.29 is 18.7 Å². The van der Waals surface area contributed by atoms with Crippen molar-refractivity contribution in [2.24, 2.45) is 11.3 Å². The van der Waals surface area contributed by atoms with Crippen molar-refractivity contribution in [3.63, 3.8) is 0 Å². The first-order valence-electron chi connectivity index (χ1n) is 7.45. The summed E-state index contributed by atoms with van der Waals surface area (Å²) in [4.78, 5) is 23.8. The van der Waals surface area contributed by atoms with E-state index in [1.165, 1.54) is 19.2 Å². The molecule has 2 aliphatic rings. The van der Waals surface area contributed by atoms with Crippen molar-refractivity contribution in [3.05, 3.63) is 29.6 Å². The fourth-order valence-corrected chi connectivity index (χ4v) is 3.28. The second-order valence-corrected chi connectivity index (χ2v) is 6.04. The summed E-state index contributed by atoms with van der Waals surface area (Å²) in [7, 11) is 1.26. The molecule has 22 heavy (non-hydrogen) atoms. The first-order chi connectivity index (χ1) is 10.6. The van der Waals surface area contributed by atoms with E-state index in [-0.39, 0.29) is 28.5 Å². The number of esters is 1. The minimum absolute atomic E-state index is 0.0314. The number of halogens is 1. The van der Waals surface area contributed by atoms with Crippen LogP contribution in [0.4, 0.5) is 10.1 Å². The maximum atomic E-state index is 13.8. The van der Waals surface area contributed by atoms with Gasteiger partial charge in [0.25, 0.3) is 0 Å². The zero-order chi connectivity index (χ0) is 15.7. The summed E-state index contributed by atoms with van der Waals surface area (Å²) in [6.45, 7) is 1.85. The van der Waals surface area contributed by atoms with Gasteiger partial charge in [0.2, 0.25) is 5.91 Å². The first-order valence-corrected chi connectivity index (χ1v) is 7.45. The molecule has 1 spiro atoms. The average molecular weight is 306 g/mol. The fraction of sp³-hybridized carbons (Fsp3) is 0.500. The number of ether oxygens (including phenoxy) is 1. The quantitative estimate of drug-likeness (QED) is 0.838. The second-order valence-electron chi connectivity index (χ2n) is 6.04. The predicted octanol–water partition coefficient (Wildman–Crippen LogP) is 1.94. The molecule has 1 aromatic carbocycles. The molecule has 0 radical (unpaired) electrons. The van der Waals surface area contributed by atoms with Crippen LogP contribution in [0.5, 0.6) is 0 Å². The number of carbonyl (C=O) groups excluding carboxylic acids is 2. The number of amides is 1. The molecule has 6 heteroatoms. The van der Waals surface area contributed by atoms with E-state index in [9.17, 15) is 14.0 Å². The summed E-state index contributed by atoms with van der Waals surface area (Å²) in [6, 6.07) is 3.81. The molecule has 1 saturated carbocycles. The molecule has 0 aromatic heterocycles. The standard InChI is InChI=1S/C16H19FN2O3/c1-22-15(21)10-2-3-12(17)13(8-10)19-14(20)11-9-16(11)4-6-18-7-5-16/h2-3,8,11,18H,4-7,9H2,1H3,(H,19,20). The van der Waals surface area contributed by atoms with Crippen LogP contribution in [0.2, 0.25) is 0 Å². The van der Waals surface area contributed by atoms with Gasteiger partial charge < -0.3 is 15.4 Å². The van der Waals surface area contributed by atoms with Gasteiger partial charge in [-0.2, -0.15) is 0 Å². The Morgan fingerprint density at radius 2 is 2.09 bits per heavy atom. The minimum atomic E-state index is -0.559. The minimum Gasteiger partial charge on any atom is -0.465 e. The number of hydrogen-bond donors (Lipinski definition) is 2. The molecule has 3 rings (SSSR count). The lowest BCUT2D eigenvalue weighted by Gasteiger charge is -2.23. The van der Waals surface area contributed by atoms with E-state index < -0.39 is 11.8 Å². The number of carbonyl (C=O) groups is 2. The van der Waals surface area contributed by atoms with Crippen LogP contribution in [-0.4, -0.2) is 32.1 Å². The zero-order valence-corrected chi connectivity index (χ0v) is 12.4. The van der Waals surface area contributed by atoms with Crippen LogP contribution < -0.4 is 10.6 Å². The van der Waals surface area contributed by atoms with Crippen LogP contribution in [0.3, 0.4) is 0 Å². The van der Waals surface area contributed by atoms with Crippen LogP contribution in [0.25, 0.3) is 0 Å². The van der Waals surface area contributed by atoms with Gasteiger partial charge in [-0.3, -0.25) is 4.79 Å². The van der Waals surface area contributed by atoms with Gasteiger partial charge in [-0.25, -0.2) is 9.18 Å². The molecule has 1 heterocycles. The van der Waals surface area contributed by atoms with Crippen LogP contribution in [0.15, 0.2) is 18.2 Å². The highest BCUT2D eigenvalue weighted by molar-refractivity contribution is 5.97. The molecule has 2 fully saturated rings. The highest BCUT2D eigenvalue weighted by Gasteiger charge is 2.57. The van der Waals surface area contributed by atoms with E-state index in [0.29, 0.717) is 0 Å². The van der Waals surface area contributed by atoms with Crippen LogP contribution in [-0.2, 0) is 9.53 Å². The molecule has 118 valence electrons. The Hall–Kier alpha value is -1.95. The Morgan fingerprint density at radius 3 is 2.77 bits per heavy atom. The van der Waals surface area contributed by atoms with Gasteiger partial charge in [0.15, 0.2) is 0 Å². The number of piperidine rings is 1. The molecular formula is C16H19FN2O3. The summed E-state index contributed by atoms with van der Waals surface area (Å²) in [5, 5.41) is 5.90. The summed E-state index contributed by atoms with van der Waals surface area (Å²) in [6.07, 6.45) is 2.82. The number of anilines is 1. The van der Waals surface area contributed by atoms with Crippen LogP contribution in [0, 0.1) is 17.2 Å². The Morgan fingerprint density at radius 1 is 1.36 bits per heavy atom. The maximum Gasteiger partial charge on any atom is 0.337 e. The second kappa shape index (κ2) is 5.68. The summed E-state index contributed by atoms with van der Waals surface area (Å²) in [5.41, 5.74) is 0.335. The van der Waals surface area contributed by atoms with Gasteiger partial charge in [0, 0.05) is 5.92 Å². The normalized spacial score (nSPS) is 22.2. The molecule has 5 nitrogen and oxygen atoms in total. The number of methoxy groups -OCH3 is 1. The largest absolute Gasteiger partial charge is 0.465 e. The lowest BCUT2D eigenvalue weighted by molar-refractivity contribution is -0.118. The highest BCUT2D eigenvalue weighted by Crippen LogP contribution is 2.58. The predicted molar refractivity (Wildman–Crippen MR) is 79.0 cm³/mol. The molecule has 1 aliphatic carbocycles. The van der Waals surface area contributed by atoms with E-state index in [1.807, 2.05) is 0 Å². The highest BCUT2D eigenvalue weighted by atomic mass is 19.1. The number of rotatable bonds is 3. The van der Waals surface area contributed by atoms with Crippen molar-refractivity contribution in [1.29, 1.82) is 0 Å². The van der Waals surface area contributed by atoms with Crippen LogP contribution in [0.1, 0.15) is 29.6 Å². The third-order valence-corrected chi connectivity index (χ3v) is 4.75. The maximum absolute atomic E-state index is 13.8. The van der Waals surface area contributed by atoms with Gasteiger partial charge >= 0.3 is 5.97 Å². The van der Waals surface area contributed by atoms with Crippen LogP contribution >= 0.6 is 0 Å². The van der Waals surface area contributed by atoms with Gasteiger partial charge in [0.05, 0.1) is 18.4 Å². The molecule has 1 aliphatic heterocycles. The van der Waals surface area contributed by atoms with Crippen molar-refractivity contribution in [3.8, 4) is 0 Å². The van der Waals surface area contributed by atoms with Gasteiger partial charge in [-0.05, 0) is 56.0 Å². The van der Waals surface area contributed by atoms with Gasteiger partial charge in [-0.15, -0.1) is 0 Å². The van der Waals surface area contributed by atoms with E-state index in [0.717, 1.165) is 38.4 Å². The number of benzene rings is 1. The molecule has 0 bridgehead atoms. The summed E-state index contributed by atoms with van der Waals surface area (Å²) >= 11 is 0. The first kappa shape index (κ1) is 15.0. The molecule has 1 atom stereocenters. The van der Waals surface area contributed by atoms with Gasteiger partial charge in [-0.1, -0.05) is 0 Å². The smallest absolute Gasteiger partial charge is 0.337 e. The number of hydrogen-bond acceptors (Lipinski definition) is 4. The van der Waals surface area contributed by atoms with E-state index in [2.05, 4.69) is 15.4 Å². The zero-order valence-electron chi connectivity index (χ0n) is 12.4. The average Bonchev–Trinajstić information content (AvgIpc) is 3.22. The summed E-state index contributed by atoms with van der Waals surface area (Å²) in [5.74, 6) is -1.34. The van der Waals surface area contributed by atoms with Crippen molar-refractivity contribution in [1.82, 2.24) is 5.32 Å². The van der Waals surface area contributed by atoms with E-state index >= 15 is 0 Å². The van der Waals surface area contributed by atoms with E-state index in [1.54, 1.807) is 0 Å². The molecule has 1 aromatic rings. The SMILES string of the molecule is COC(=O)c1ccc(F)c(NC(=O)C2CC23CCNCC3)c1. The van der Waals surface area contributed by atoms with Crippen molar-refractivity contribution in [2.45, 2.75) is 19.3 Å². The third kappa shape index (κ3) is 2.70. The lowest BCUT2D eigenvalue weighted by atomic mass is 9.92. The van der Waals surface area contributed by atoms with E-state index in [4.69, 9.17) is 0 Å². The Labute approximate surface area is 128 Å². The molecule has 1 unspecified atom stereocenters. The Balaban J connectivity index is 1.70. The Bertz CT molecular complexity index is 611. The number of nitrogens with one attached hydrogen (secondary N) is 2. The molecular weight excluding hydrogens is 287 g/mol. The Kier molecular flexibility index (Phi) is 3.87.